The molecule has 1 aromatic carbocycles. The van der Waals surface area contributed by atoms with Crippen LogP contribution in [0.1, 0.15) is 42.1 Å². The van der Waals surface area contributed by atoms with E-state index in [2.05, 4.69) is 10.6 Å². The van der Waals surface area contributed by atoms with E-state index < -0.39 is 5.97 Å². The first-order valence-electron chi connectivity index (χ1n) is 13.1. The number of carbonyl (C=O) groups excluding carboxylic acids is 3. The van der Waals surface area contributed by atoms with Gasteiger partial charge in [-0.1, -0.05) is 12.1 Å². The smallest absolute Gasteiger partial charge is 0.304 e. The zero-order chi connectivity index (χ0) is 28.7. The lowest BCUT2D eigenvalue weighted by atomic mass is 10.1. The van der Waals surface area contributed by atoms with Crippen LogP contribution in [-0.2, 0) is 39.9 Å². The molecule has 0 saturated heterocycles. The van der Waals surface area contributed by atoms with Crippen LogP contribution in [0.3, 0.4) is 0 Å². The van der Waals surface area contributed by atoms with E-state index in [1.165, 1.54) is 0 Å². The number of carboxylic acids is 1. The Morgan fingerprint density at radius 2 is 1.38 bits per heavy atom. The molecule has 0 aromatic heterocycles. The van der Waals surface area contributed by atoms with Gasteiger partial charge in [0.1, 0.15) is 12.4 Å². The van der Waals surface area contributed by atoms with E-state index in [-0.39, 0.29) is 37.2 Å². The van der Waals surface area contributed by atoms with Gasteiger partial charge in [-0.3, -0.25) is 14.4 Å². The molecule has 12 nitrogen and oxygen atoms in total. The number of carboxylic acid groups (broad SMARTS) is 1. The molecule has 0 spiro atoms. The van der Waals surface area contributed by atoms with Crippen molar-refractivity contribution in [1.29, 1.82) is 0 Å². The Morgan fingerprint density at radius 1 is 0.795 bits per heavy atom. The van der Waals surface area contributed by atoms with E-state index in [1.807, 2.05) is 24.1 Å². The number of carbonyl (C=O) groups is 4. The zero-order valence-corrected chi connectivity index (χ0v) is 23.1. The van der Waals surface area contributed by atoms with Crippen LogP contribution in [-0.4, -0.2) is 113 Å². The highest BCUT2D eigenvalue weighted by Gasteiger charge is 2.07. The maximum Gasteiger partial charge on any atom is 0.304 e. The third-order valence-corrected chi connectivity index (χ3v) is 5.27. The largest absolute Gasteiger partial charge is 0.481 e. The highest BCUT2D eigenvalue weighted by atomic mass is 16.5. The number of benzene rings is 1. The van der Waals surface area contributed by atoms with Crippen molar-refractivity contribution in [2.75, 3.05) is 79.5 Å². The number of Topliss-reactive ketones (excluding diaryl/α,β-unsaturated/α-hetero) is 1. The topological polar surface area (TPSA) is 153 Å². The summed E-state index contributed by atoms with van der Waals surface area (Å²) >= 11 is 0. The molecule has 0 saturated carbocycles. The Kier molecular flexibility index (Phi) is 19.2. The van der Waals surface area contributed by atoms with E-state index in [0.717, 1.165) is 5.56 Å². The van der Waals surface area contributed by atoms with Gasteiger partial charge in [0.2, 0.25) is 5.91 Å². The summed E-state index contributed by atoms with van der Waals surface area (Å²) in [5, 5.41) is 14.2. The van der Waals surface area contributed by atoms with Crippen molar-refractivity contribution in [3.8, 4) is 0 Å². The lowest BCUT2D eigenvalue weighted by molar-refractivity contribution is -0.137. The van der Waals surface area contributed by atoms with Gasteiger partial charge in [-0.15, -0.1) is 0 Å². The molecule has 39 heavy (non-hydrogen) atoms. The monoisotopic (exact) mass is 553 g/mol. The van der Waals surface area contributed by atoms with Crippen LogP contribution in [0.4, 0.5) is 0 Å². The molecule has 0 atom stereocenters. The van der Waals surface area contributed by atoms with E-state index in [1.54, 1.807) is 19.1 Å². The molecule has 3 N–H and O–H groups in total. The predicted octanol–water partition coefficient (Wildman–Crippen LogP) is 0.875. The Labute approximate surface area is 230 Å². The fourth-order valence-corrected chi connectivity index (χ4v) is 3.22. The lowest BCUT2D eigenvalue weighted by Gasteiger charge is -2.15. The fourth-order valence-electron chi connectivity index (χ4n) is 3.22. The first kappa shape index (κ1) is 34.1. The number of rotatable bonds is 24. The van der Waals surface area contributed by atoms with Crippen molar-refractivity contribution in [2.45, 2.75) is 32.7 Å². The summed E-state index contributed by atoms with van der Waals surface area (Å²) in [7, 11) is 1.85. The van der Waals surface area contributed by atoms with Crippen LogP contribution in [0.25, 0.3) is 0 Å². The summed E-state index contributed by atoms with van der Waals surface area (Å²) in [6.45, 7) is 5.86. The van der Waals surface area contributed by atoms with Crippen molar-refractivity contribution in [1.82, 2.24) is 15.5 Å². The van der Waals surface area contributed by atoms with Crippen molar-refractivity contribution in [3.63, 3.8) is 0 Å². The first-order chi connectivity index (χ1) is 18.8. The van der Waals surface area contributed by atoms with Crippen LogP contribution in [0, 0.1) is 0 Å². The third kappa shape index (κ3) is 19.8. The fraction of sp³-hybridized carbons (Fsp3) is 0.630. The number of aliphatic carboxylic acids is 1. The second kappa shape index (κ2) is 22.0. The Morgan fingerprint density at radius 3 is 2.00 bits per heavy atom. The average Bonchev–Trinajstić information content (AvgIpc) is 2.90. The minimum absolute atomic E-state index is 0.0787. The number of hydrogen-bond donors (Lipinski definition) is 3. The second-order valence-corrected chi connectivity index (χ2v) is 8.88. The van der Waals surface area contributed by atoms with Gasteiger partial charge in [-0.25, -0.2) is 0 Å². The second-order valence-electron chi connectivity index (χ2n) is 8.88. The molecule has 0 aliphatic carbocycles. The molecule has 1 aromatic rings. The summed E-state index contributed by atoms with van der Waals surface area (Å²) in [4.78, 5) is 47.3. The third-order valence-electron chi connectivity index (χ3n) is 5.27. The van der Waals surface area contributed by atoms with Crippen LogP contribution >= 0.6 is 0 Å². The van der Waals surface area contributed by atoms with Gasteiger partial charge in [0.25, 0.3) is 5.91 Å². The summed E-state index contributed by atoms with van der Waals surface area (Å²) in [6, 6.07) is 7.16. The molecule has 1 rings (SSSR count). The number of nitrogens with zero attached hydrogens (tertiary/aromatic N) is 1. The number of amides is 2. The molecule has 12 heteroatoms. The maximum atomic E-state index is 12.2. The van der Waals surface area contributed by atoms with Gasteiger partial charge in [0.15, 0.2) is 0 Å². The normalized spacial score (nSPS) is 10.9. The van der Waals surface area contributed by atoms with Crippen LogP contribution < -0.4 is 10.6 Å². The molecular formula is C27H43N3O9. The molecule has 0 heterocycles. The molecule has 0 aliphatic heterocycles. The van der Waals surface area contributed by atoms with Crippen molar-refractivity contribution in [3.05, 3.63) is 35.4 Å². The standard InChI is InChI=1S/C27H43N3O9/c1-22(31)4-3-13-36-16-17-37-14-10-28-25(32)21-39-19-18-38-15-11-29-27(35)24-7-5-23(6-8-24)20-30(2)12-9-26(33)34/h5-8H,3-4,9-21H2,1-2H3,(H,28,32)(H,29,35)(H,33,34). The molecule has 0 fully saturated rings. The van der Waals surface area contributed by atoms with Crippen molar-refractivity contribution in [2.24, 2.45) is 0 Å². The van der Waals surface area contributed by atoms with E-state index >= 15 is 0 Å². The lowest BCUT2D eigenvalue weighted by Crippen LogP contribution is -2.31. The summed E-state index contributed by atoms with van der Waals surface area (Å²) in [6.07, 6.45) is 1.32. The number of hydrogen-bond acceptors (Lipinski definition) is 9. The number of ether oxygens (including phenoxy) is 4. The van der Waals surface area contributed by atoms with Crippen LogP contribution in [0.5, 0.6) is 0 Å². The van der Waals surface area contributed by atoms with Gasteiger partial charge in [0, 0.05) is 44.8 Å². The zero-order valence-electron chi connectivity index (χ0n) is 23.1. The molecular weight excluding hydrogens is 510 g/mol. The summed E-state index contributed by atoms with van der Waals surface area (Å²) in [5.41, 5.74) is 1.52. The molecule has 0 radical (unpaired) electrons. The van der Waals surface area contributed by atoms with Gasteiger partial charge in [-0.05, 0) is 38.1 Å². The highest BCUT2D eigenvalue weighted by Crippen LogP contribution is 2.07. The predicted molar refractivity (Wildman–Crippen MR) is 144 cm³/mol. The number of ketones is 1. The van der Waals surface area contributed by atoms with Gasteiger partial charge in [-0.2, -0.15) is 0 Å². The molecule has 220 valence electrons. The average molecular weight is 554 g/mol. The SMILES string of the molecule is CC(=O)CCCOCCOCCNC(=O)COCCOCCNC(=O)c1ccc(CN(C)CCC(=O)O)cc1. The van der Waals surface area contributed by atoms with Crippen molar-refractivity contribution < 1.29 is 43.2 Å². The molecule has 0 unspecified atom stereocenters. The van der Waals surface area contributed by atoms with E-state index in [0.29, 0.717) is 84.2 Å². The van der Waals surface area contributed by atoms with Crippen LogP contribution in [0.2, 0.25) is 0 Å². The summed E-state index contributed by atoms with van der Waals surface area (Å²) in [5.74, 6) is -1.13. The molecule has 0 bridgehead atoms. The van der Waals surface area contributed by atoms with E-state index in [9.17, 15) is 19.2 Å². The maximum absolute atomic E-state index is 12.2. The summed E-state index contributed by atoms with van der Waals surface area (Å²) < 4.78 is 21.4. The minimum Gasteiger partial charge on any atom is -0.481 e. The highest BCUT2D eigenvalue weighted by molar-refractivity contribution is 5.94. The Bertz CT molecular complexity index is 849. The Hall–Kier alpha value is -2.90. The minimum atomic E-state index is -0.830. The van der Waals surface area contributed by atoms with E-state index in [4.69, 9.17) is 24.1 Å². The van der Waals surface area contributed by atoms with Gasteiger partial charge in [0.05, 0.1) is 46.1 Å². The molecule has 0 aliphatic rings. The molecule has 2 amide bonds. The van der Waals surface area contributed by atoms with Crippen molar-refractivity contribution >= 4 is 23.6 Å². The first-order valence-corrected chi connectivity index (χ1v) is 13.1. The number of nitrogens with one attached hydrogen (secondary N) is 2. The quantitative estimate of drug-likeness (QED) is 0.157. The van der Waals surface area contributed by atoms with Gasteiger partial charge < -0.3 is 44.4 Å². The van der Waals surface area contributed by atoms with Gasteiger partial charge >= 0.3 is 5.97 Å². The van der Waals surface area contributed by atoms with Crippen LogP contribution in [0.15, 0.2) is 24.3 Å². The Balaban J connectivity index is 1.96.